The average molecular weight is 363 g/mol. The third-order valence-electron chi connectivity index (χ3n) is 4.29. The molecule has 0 fully saturated rings. The Kier molecular flexibility index (Phi) is 6.31. The molecular formula is C23H25NO3. The highest BCUT2D eigenvalue weighted by Gasteiger charge is 2.18. The van der Waals surface area contributed by atoms with E-state index in [1.165, 1.54) is 0 Å². The molecule has 0 saturated carbocycles. The van der Waals surface area contributed by atoms with E-state index in [1.54, 1.807) is 6.26 Å². The van der Waals surface area contributed by atoms with E-state index in [0.717, 1.165) is 22.6 Å². The molecule has 4 nitrogen and oxygen atoms in total. The maximum atomic E-state index is 12.5. The normalized spacial score (nSPS) is 12.0. The maximum Gasteiger partial charge on any atom is 0.221 e. The molecule has 27 heavy (non-hydrogen) atoms. The van der Waals surface area contributed by atoms with E-state index >= 15 is 0 Å². The summed E-state index contributed by atoms with van der Waals surface area (Å²) in [6, 6.07) is 21.8. The molecule has 3 rings (SSSR count). The van der Waals surface area contributed by atoms with Crippen molar-refractivity contribution in [1.82, 2.24) is 5.32 Å². The molecule has 1 N–H and O–H groups in total. The molecule has 1 heterocycles. The van der Waals surface area contributed by atoms with Crippen LogP contribution in [0.5, 0.6) is 5.75 Å². The van der Waals surface area contributed by atoms with Crippen molar-refractivity contribution >= 4 is 5.91 Å². The second-order valence-corrected chi connectivity index (χ2v) is 6.76. The van der Waals surface area contributed by atoms with Gasteiger partial charge in [-0.05, 0) is 49.2 Å². The van der Waals surface area contributed by atoms with Gasteiger partial charge in [0.15, 0.2) is 0 Å². The van der Waals surface area contributed by atoms with Gasteiger partial charge in [-0.1, -0.05) is 42.5 Å². The molecule has 0 unspecified atom stereocenters. The molecule has 3 aromatic rings. The van der Waals surface area contributed by atoms with Gasteiger partial charge in [0.1, 0.15) is 11.5 Å². The Morgan fingerprint density at radius 1 is 0.963 bits per heavy atom. The Balaban J connectivity index is 1.74. The largest absolute Gasteiger partial charge is 0.491 e. The van der Waals surface area contributed by atoms with Crippen molar-refractivity contribution in [2.75, 3.05) is 0 Å². The van der Waals surface area contributed by atoms with Crippen molar-refractivity contribution in [3.63, 3.8) is 0 Å². The van der Waals surface area contributed by atoms with Gasteiger partial charge >= 0.3 is 0 Å². The second-order valence-electron chi connectivity index (χ2n) is 6.76. The molecule has 1 amide bonds. The third kappa shape index (κ3) is 5.48. The fourth-order valence-electron chi connectivity index (χ4n) is 3.02. The molecule has 0 radical (unpaired) electrons. The predicted octanol–water partition coefficient (Wildman–Crippen LogP) is 4.91. The van der Waals surface area contributed by atoms with Gasteiger partial charge in [0.25, 0.3) is 0 Å². The minimum absolute atomic E-state index is 0.0113. The zero-order valence-corrected chi connectivity index (χ0v) is 15.7. The fourth-order valence-corrected chi connectivity index (χ4v) is 3.02. The summed E-state index contributed by atoms with van der Waals surface area (Å²) in [5.74, 6) is 1.55. The molecule has 0 spiro atoms. The molecule has 0 aliphatic rings. The standard InChI is InChI=1S/C23H25NO3/c1-17(2)27-20-12-10-19(11-13-20)22(18-7-4-3-5-8-18)15-23(25)24-16-21-9-6-14-26-21/h3-14,17,22H,15-16H2,1-2H3,(H,24,25)/t22-/m0/s1. The number of carbonyl (C=O) groups excluding carboxylic acids is 1. The van der Waals surface area contributed by atoms with E-state index in [9.17, 15) is 4.79 Å². The molecule has 2 aromatic carbocycles. The summed E-state index contributed by atoms with van der Waals surface area (Å²) in [7, 11) is 0. The van der Waals surface area contributed by atoms with Crippen LogP contribution in [-0.4, -0.2) is 12.0 Å². The zero-order valence-electron chi connectivity index (χ0n) is 15.7. The SMILES string of the molecule is CC(C)Oc1ccc([C@@H](CC(=O)NCc2ccco2)c2ccccc2)cc1. The fraction of sp³-hybridized carbons (Fsp3) is 0.261. The summed E-state index contributed by atoms with van der Waals surface area (Å²) >= 11 is 0. The lowest BCUT2D eigenvalue weighted by molar-refractivity contribution is -0.121. The molecule has 0 aliphatic heterocycles. The van der Waals surface area contributed by atoms with E-state index < -0.39 is 0 Å². The Morgan fingerprint density at radius 2 is 1.67 bits per heavy atom. The minimum Gasteiger partial charge on any atom is -0.491 e. The quantitative estimate of drug-likeness (QED) is 0.619. The highest BCUT2D eigenvalue weighted by molar-refractivity contribution is 5.77. The van der Waals surface area contributed by atoms with Crippen LogP contribution in [0.2, 0.25) is 0 Å². The number of furan rings is 1. The van der Waals surface area contributed by atoms with Crippen LogP contribution in [0.3, 0.4) is 0 Å². The van der Waals surface area contributed by atoms with Crippen LogP contribution >= 0.6 is 0 Å². The van der Waals surface area contributed by atoms with Crippen molar-refractivity contribution in [3.8, 4) is 5.75 Å². The first-order chi connectivity index (χ1) is 13.1. The smallest absolute Gasteiger partial charge is 0.221 e. The van der Waals surface area contributed by atoms with Gasteiger partial charge in [0, 0.05) is 12.3 Å². The average Bonchev–Trinajstić information content (AvgIpc) is 3.19. The molecule has 0 bridgehead atoms. The van der Waals surface area contributed by atoms with Crippen LogP contribution in [0.25, 0.3) is 0 Å². The molecule has 0 aliphatic carbocycles. The summed E-state index contributed by atoms with van der Waals surface area (Å²) in [6.07, 6.45) is 2.11. The number of benzene rings is 2. The third-order valence-corrected chi connectivity index (χ3v) is 4.29. The van der Waals surface area contributed by atoms with Crippen molar-refractivity contribution < 1.29 is 13.9 Å². The lowest BCUT2D eigenvalue weighted by atomic mass is 9.88. The van der Waals surface area contributed by atoms with E-state index in [2.05, 4.69) is 17.4 Å². The topological polar surface area (TPSA) is 51.5 Å². The molecule has 0 saturated heterocycles. The summed E-state index contributed by atoms with van der Waals surface area (Å²) in [5, 5.41) is 2.94. The first-order valence-corrected chi connectivity index (χ1v) is 9.22. The van der Waals surface area contributed by atoms with Gasteiger partial charge in [-0.2, -0.15) is 0 Å². The van der Waals surface area contributed by atoms with E-state index in [4.69, 9.17) is 9.15 Å². The first kappa shape index (κ1) is 18.8. The number of hydrogen-bond donors (Lipinski definition) is 1. The minimum atomic E-state index is -0.0177. The van der Waals surface area contributed by atoms with Crippen LogP contribution in [0.1, 0.15) is 43.1 Å². The van der Waals surface area contributed by atoms with Gasteiger partial charge in [0.2, 0.25) is 5.91 Å². The Hall–Kier alpha value is -3.01. The Bertz CT molecular complexity index is 824. The van der Waals surface area contributed by atoms with E-state index in [-0.39, 0.29) is 17.9 Å². The predicted molar refractivity (Wildman–Crippen MR) is 106 cm³/mol. The van der Waals surface area contributed by atoms with Gasteiger partial charge in [-0.25, -0.2) is 0 Å². The number of ether oxygens (including phenoxy) is 1. The van der Waals surface area contributed by atoms with Crippen molar-refractivity contribution in [2.45, 2.75) is 38.8 Å². The lowest BCUT2D eigenvalue weighted by Gasteiger charge is -2.19. The number of rotatable bonds is 8. The van der Waals surface area contributed by atoms with Crippen LogP contribution in [0.4, 0.5) is 0 Å². The summed E-state index contributed by atoms with van der Waals surface area (Å²) in [5.41, 5.74) is 2.20. The summed E-state index contributed by atoms with van der Waals surface area (Å²) in [6.45, 7) is 4.41. The first-order valence-electron chi connectivity index (χ1n) is 9.22. The maximum absolute atomic E-state index is 12.5. The molecule has 1 atom stereocenters. The lowest BCUT2D eigenvalue weighted by Crippen LogP contribution is -2.24. The number of hydrogen-bond acceptors (Lipinski definition) is 3. The highest BCUT2D eigenvalue weighted by atomic mass is 16.5. The Labute approximate surface area is 160 Å². The summed E-state index contributed by atoms with van der Waals surface area (Å²) in [4.78, 5) is 12.5. The number of carbonyl (C=O) groups is 1. The van der Waals surface area contributed by atoms with Crippen LogP contribution in [-0.2, 0) is 11.3 Å². The Morgan fingerprint density at radius 3 is 2.30 bits per heavy atom. The number of amides is 1. The molecule has 1 aromatic heterocycles. The monoisotopic (exact) mass is 363 g/mol. The molecular weight excluding hydrogens is 338 g/mol. The summed E-state index contributed by atoms with van der Waals surface area (Å²) < 4.78 is 11.0. The van der Waals surface area contributed by atoms with E-state index in [1.807, 2.05) is 68.4 Å². The van der Waals surface area contributed by atoms with Gasteiger partial charge in [-0.15, -0.1) is 0 Å². The van der Waals surface area contributed by atoms with Crippen LogP contribution in [0, 0.1) is 0 Å². The molecule has 140 valence electrons. The van der Waals surface area contributed by atoms with Gasteiger partial charge in [-0.3, -0.25) is 4.79 Å². The van der Waals surface area contributed by atoms with Crippen molar-refractivity contribution in [2.24, 2.45) is 0 Å². The highest BCUT2D eigenvalue weighted by Crippen LogP contribution is 2.29. The van der Waals surface area contributed by atoms with Crippen LogP contribution < -0.4 is 10.1 Å². The number of nitrogens with one attached hydrogen (secondary N) is 1. The van der Waals surface area contributed by atoms with Gasteiger partial charge < -0.3 is 14.5 Å². The van der Waals surface area contributed by atoms with Crippen molar-refractivity contribution in [3.05, 3.63) is 89.9 Å². The van der Waals surface area contributed by atoms with Gasteiger partial charge in [0.05, 0.1) is 18.9 Å². The van der Waals surface area contributed by atoms with Crippen molar-refractivity contribution in [1.29, 1.82) is 0 Å². The zero-order chi connectivity index (χ0) is 19.1. The second kappa shape index (κ2) is 9.08. The van der Waals surface area contributed by atoms with Crippen LogP contribution in [0.15, 0.2) is 77.4 Å². The molecule has 4 heteroatoms. The van der Waals surface area contributed by atoms with E-state index in [0.29, 0.717) is 13.0 Å².